The Kier molecular flexibility index (Phi) is 16.5. The van der Waals surface area contributed by atoms with Gasteiger partial charge in [0.15, 0.2) is 17.0 Å². The number of nitrogens with one attached hydrogen (secondary N) is 3. The summed E-state index contributed by atoms with van der Waals surface area (Å²) >= 11 is 0. The maximum absolute atomic E-state index is 14.5. The molecule has 0 bridgehead atoms. The van der Waals surface area contributed by atoms with Gasteiger partial charge in [0.25, 0.3) is 0 Å². The van der Waals surface area contributed by atoms with Crippen LogP contribution >= 0.6 is 19.9 Å². The molecule has 0 radical (unpaired) electrons. The van der Waals surface area contributed by atoms with E-state index in [-0.39, 0.29) is 48.9 Å². The largest absolute Gasteiger partial charge is 0.369 e. The molecule has 55 heavy (non-hydrogen) atoms. The Bertz CT molecular complexity index is 1930. The molecule has 1 aliphatic rings. The maximum atomic E-state index is 14.5. The van der Waals surface area contributed by atoms with Gasteiger partial charge in [-0.1, -0.05) is 91.0 Å². The van der Waals surface area contributed by atoms with Crippen LogP contribution in [0.4, 0.5) is 11.8 Å². The number of ketones is 2. The SMILES string of the molecule is CC(=O)[C@H](Cc1ccccc1)NP(=O)(COCCn1cnc2c(NC3CC3)nc(N)nc21)N[C@@H](Cc1ccccc1)C(C)=O.C[C@@H](N)Cc1ccccc1.Cl. The number of Topliss-reactive ketones (excluding diaryl/α,β-unsaturated/α-hetero) is 2. The average molecular weight is 790 g/mol. The molecule has 5 aromatic rings. The topological polar surface area (TPSA) is 192 Å². The molecule has 1 saturated carbocycles. The highest BCUT2D eigenvalue weighted by atomic mass is 35.5. The molecule has 1 aliphatic carbocycles. The Labute approximate surface area is 329 Å². The molecule has 3 aromatic carbocycles. The highest BCUT2D eigenvalue weighted by Crippen LogP contribution is 2.38. The van der Waals surface area contributed by atoms with Crippen molar-refractivity contribution < 1.29 is 18.9 Å². The van der Waals surface area contributed by atoms with Gasteiger partial charge in [-0.15, -0.1) is 12.4 Å². The van der Waals surface area contributed by atoms with Crippen molar-refractivity contribution in [3.63, 3.8) is 0 Å². The number of ether oxygens (including phenoxy) is 1. The summed E-state index contributed by atoms with van der Waals surface area (Å²) < 4.78 is 22.3. The third kappa shape index (κ3) is 13.9. The first-order valence-corrected chi connectivity index (χ1v) is 20.2. The number of anilines is 2. The predicted octanol–water partition coefficient (Wildman–Crippen LogP) is 5.73. The number of nitrogens with zero attached hydrogens (tertiary/aromatic N) is 4. The van der Waals surface area contributed by atoms with Crippen LogP contribution in [-0.4, -0.2) is 68.2 Å². The average Bonchev–Trinajstić information content (AvgIpc) is 3.87. The van der Waals surface area contributed by atoms with Crippen LogP contribution in [0.15, 0.2) is 97.3 Å². The van der Waals surface area contributed by atoms with Crippen LogP contribution in [-0.2, 0) is 44.7 Å². The van der Waals surface area contributed by atoms with Gasteiger partial charge in [-0.3, -0.25) is 14.2 Å². The molecule has 1 fully saturated rings. The second kappa shape index (κ2) is 21.0. The number of benzene rings is 3. The van der Waals surface area contributed by atoms with Crippen molar-refractivity contribution in [2.75, 3.05) is 24.0 Å². The second-order valence-corrected chi connectivity index (χ2v) is 16.1. The number of fused-ring (bicyclic) bond motifs is 1. The van der Waals surface area contributed by atoms with Crippen molar-refractivity contribution in [3.8, 4) is 0 Å². The molecule has 13 nitrogen and oxygen atoms in total. The Morgan fingerprint density at radius 1 is 0.836 bits per heavy atom. The predicted molar refractivity (Wildman–Crippen MR) is 221 cm³/mol. The van der Waals surface area contributed by atoms with E-state index in [1.807, 2.05) is 85.8 Å². The van der Waals surface area contributed by atoms with Gasteiger partial charge in [-0.25, -0.2) is 15.2 Å². The number of carbonyl (C=O) groups excluding carboxylic acids is 2. The van der Waals surface area contributed by atoms with Gasteiger partial charge in [-0.05, 0) is 69.6 Å². The highest BCUT2D eigenvalue weighted by molar-refractivity contribution is 7.59. The molecule has 2 aromatic heterocycles. The molecule has 0 amide bonds. The van der Waals surface area contributed by atoms with Crippen LogP contribution in [0.3, 0.4) is 0 Å². The summed E-state index contributed by atoms with van der Waals surface area (Å²) in [6.07, 6.45) is 5.20. The minimum absolute atomic E-state index is 0. The third-order valence-electron chi connectivity index (χ3n) is 8.82. The Balaban J connectivity index is 0.000000532. The zero-order valence-corrected chi connectivity index (χ0v) is 33.3. The van der Waals surface area contributed by atoms with Gasteiger partial charge in [0.2, 0.25) is 13.4 Å². The monoisotopic (exact) mass is 789 g/mol. The van der Waals surface area contributed by atoms with E-state index in [1.165, 1.54) is 19.4 Å². The fourth-order valence-electron chi connectivity index (χ4n) is 5.86. The number of halogens is 1. The summed E-state index contributed by atoms with van der Waals surface area (Å²) in [7, 11) is -3.64. The van der Waals surface area contributed by atoms with Gasteiger partial charge >= 0.3 is 0 Å². The van der Waals surface area contributed by atoms with Crippen LogP contribution < -0.4 is 27.0 Å². The van der Waals surface area contributed by atoms with Gasteiger partial charge in [0.05, 0.1) is 25.0 Å². The molecule has 2 heterocycles. The van der Waals surface area contributed by atoms with Crippen LogP contribution in [0.5, 0.6) is 0 Å². The molecule has 0 saturated heterocycles. The van der Waals surface area contributed by atoms with Crippen molar-refractivity contribution in [3.05, 3.63) is 114 Å². The van der Waals surface area contributed by atoms with E-state index in [2.05, 4.69) is 42.6 Å². The van der Waals surface area contributed by atoms with E-state index in [0.717, 1.165) is 30.4 Å². The summed E-state index contributed by atoms with van der Waals surface area (Å²) in [5.74, 6) is 0.408. The molecule has 15 heteroatoms. The third-order valence-corrected chi connectivity index (χ3v) is 10.8. The van der Waals surface area contributed by atoms with Crippen molar-refractivity contribution in [1.29, 1.82) is 0 Å². The number of hydrogen-bond donors (Lipinski definition) is 5. The lowest BCUT2D eigenvalue weighted by Crippen LogP contribution is -2.44. The number of aromatic nitrogens is 4. The van der Waals surface area contributed by atoms with Crippen LogP contribution in [0, 0.1) is 0 Å². The minimum atomic E-state index is -3.64. The van der Waals surface area contributed by atoms with Crippen molar-refractivity contribution in [2.45, 2.75) is 83.6 Å². The van der Waals surface area contributed by atoms with Crippen LogP contribution in [0.25, 0.3) is 11.2 Å². The Hall–Kier alpha value is -4.49. The smallest absolute Gasteiger partial charge is 0.237 e. The van der Waals surface area contributed by atoms with E-state index < -0.39 is 19.5 Å². The Morgan fingerprint density at radius 2 is 1.33 bits per heavy atom. The summed E-state index contributed by atoms with van der Waals surface area (Å²) in [6, 6.07) is 28.5. The number of carbonyl (C=O) groups is 2. The fraction of sp³-hybridized carbons (Fsp3) is 0.375. The zero-order chi connectivity index (χ0) is 38.5. The molecular formula is C40H53ClN9O4P. The number of hydrogen-bond acceptors (Lipinski definition) is 10. The summed E-state index contributed by atoms with van der Waals surface area (Å²) in [5, 5.41) is 9.47. The second-order valence-electron chi connectivity index (χ2n) is 13.9. The first kappa shape index (κ1) is 43.2. The summed E-state index contributed by atoms with van der Waals surface area (Å²) in [6.45, 7) is 5.47. The number of nitrogens with two attached hydrogens (primary N) is 2. The lowest BCUT2D eigenvalue weighted by molar-refractivity contribution is -0.119. The van der Waals surface area contributed by atoms with E-state index in [1.54, 1.807) is 10.9 Å². The van der Waals surface area contributed by atoms with E-state index in [9.17, 15) is 14.2 Å². The Morgan fingerprint density at radius 3 is 1.78 bits per heavy atom. The molecule has 3 atom stereocenters. The number of nitrogen functional groups attached to an aromatic ring is 1. The first-order chi connectivity index (χ1) is 26.0. The highest BCUT2D eigenvalue weighted by Gasteiger charge is 2.33. The van der Waals surface area contributed by atoms with E-state index >= 15 is 0 Å². The van der Waals surface area contributed by atoms with Crippen molar-refractivity contribution in [2.24, 2.45) is 5.73 Å². The molecule has 0 unspecified atom stereocenters. The van der Waals surface area contributed by atoms with Crippen molar-refractivity contribution >= 4 is 54.3 Å². The quantitative estimate of drug-likeness (QED) is 0.0505. The van der Waals surface area contributed by atoms with Gasteiger partial charge in [0.1, 0.15) is 17.9 Å². The van der Waals surface area contributed by atoms with E-state index in [0.29, 0.717) is 42.4 Å². The lowest BCUT2D eigenvalue weighted by atomic mass is 10.0. The van der Waals surface area contributed by atoms with Crippen molar-refractivity contribution in [1.82, 2.24) is 29.7 Å². The standard InChI is InChI=1S/C31H39N8O4P.C9H13N.ClH/c1-21(40)26(17-23-9-5-3-6-10-23)37-44(42,38-27(22(2)41)18-24-11-7-4-8-12-24)20-43-16-15-39-19-33-28-29(34-25-13-14-25)35-31(32)36-30(28)39;1-8(10)7-9-5-3-2-4-6-9;/h3-12,19,25-27H,13-18,20H2,1-2H3,(H2,37,38,42)(H3,32,34,35,36);2-6,8H,7,10H2,1H3;1H/t26-,27-;8-;/m01./s1. The molecule has 0 aliphatic heterocycles. The van der Waals surface area contributed by atoms with Gasteiger partial charge in [-0.2, -0.15) is 9.97 Å². The van der Waals surface area contributed by atoms with Crippen LogP contribution in [0.2, 0.25) is 0 Å². The number of rotatable bonds is 19. The fourth-order valence-corrected chi connectivity index (χ4v) is 8.03. The zero-order valence-electron chi connectivity index (χ0n) is 31.6. The summed E-state index contributed by atoms with van der Waals surface area (Å²) in [5.41, 5.74) is 15.9. The minimum Gasteiger partial charge on any atom is -0.369 e. The number of imidazole rings is 1. The molecule has 6 rings (SSSR count). The van der Waals surface area contributed by atoms with Crippen LogP contribution in [0.1, 0.15) is 50.3 Å². The summed E-state index contributed by atoms with van der Waals surface area (Å²) in [4.78, 5) is 38.6. The molecule has 0 spiro atoms. The van der Waals surface area contributed by atoms with Gasteiger partial charge < -0.3 is 26.1 Å². The van der Waals surface area contributed by atoms with E-state index in [4.69, 9.17) is 16.2 Å². The first-order valence-electron chi connectivity index (χ1n) is 18.3. The normalized spacial score (nSPS) is 14.2. The maximum Gasteiger partial charge on any atom is 0.237 e. The van der Waals surface area contributed by atoms with Gasteiger partial charge in [0, 0.05) is 18.6 Å². The molecule has 294 valence electrons. The molecule has 7 N–H and O–H groups in total. The lowest BCUT2D eigenvalue weighted by Gasteiger charge is -2.29. The molecular weight excluding hydrogens is 737 g/mol.